The third-order valence-electron chi connectivity index (χ3n) is 6.79. The Bertz CT molecular complexity index is 992. The number of fused-ring (bicyclic) bond motifs is 3. The Kier molecular flexibility index (Phi) is 7.83. The largest absolute Gasteiger partial charge is 0.481 e. The third-order valence-corrected chi connectivity index (χ3v) is 6.79. The van der Waals surface area contributed by atoms with Crippen molar-refractivity contribution < 1.29 is 24.2 Å². The van der Waals surface area contributed by atoms with Gasteiger partial charge in [0, 0.05) is 31.5 Å². The second-order valence-electron chi connectivity index (χ2n) is 9.04. The van der Waals surface area contributed by atoms with E-state index in [0.29, 0.717) is 26.1 Å². The number of aliphatic carboxylic acids is 1. The van der Waals surface area contributed by atoms with E-state index in [9.17, 15) is 14.4 Å². The van der Waals surface area contributed by atoms with E-state index >= 15 is 0 Å². The fraction of sp³-hybridized carbons (Fsp3) is 0.444. The molecule has 7 heteroatoms. The summed E-state index contributed by atoms with van der Waals surface area (Å²) in [6, 6.07) is 16.3. The minimum atomic E-state index is -0.857. The van der Waals surface area contributed by atoms with Crippen molar-refractivity contribution in [2.24, 2.45) is 0 Å². The third kappa shape index (κ3) is 5.58. The molecule has 0 radical (unpaired) electrons. The van der Waals surface area contributed by atoms with Crippen molar-refractivity contribution in [3.8, 4) is 11.1 Å². The Morgan fingerprint density at radius 3 is 2.32 bits per heavy atom. The highest BCUT2D eigenvalue weighted by molar-refractivity contribution is 5.79. The molecule has 1 fully saturated rings. The van der Waals surface area contributed by atoms with Gasteiger partial charge in [-0.1, -0.05) is 55.0 Å². The van der Waals surface area contributed by atoms with Gasteiger partial charge in [0.25, 0.3) is 0 Å². The maximum Gasteiger partial charge on any atom is 0.407 e. The summed E-state index contributed by atoms with van der Waals surface area (Å²) >= 11 is 0. The van der Waals surface area contributed by atoms with Crippen LogP contribution in [-0.2, 0) is 14.3 Å². The number of carboxylic acid groups (broad SMARTS) is 1. The molecule has 2 aromatic carbocycles. The molecule has 0 saturated carbocycles. The van der Waals surface area contributed by atoms with E-state index in [1.807, 2.05) is 24.3 Å². The Labute approximate surface area is 200 Å². The normalized spacial score (nSPS) is 16.7. The number of rotatable bonds is 10. The lowest BCUT2D eigenvalue weighted by Gasteiger charge is -2.23. The maximum absolute atomic E-state index is 12.4. The van der Waals surface area contributed by atoms with E-state index in [0.717, 1.165) is 32.1 Å². The molecule has 4 rings (SSSR count). The molecule has 180 valence electrons. The Hall–Kier alpha value is -3.35. The van der Waals surface area contributed by atoms with Crippen LogP contribution in [0.4, 0.5) is 4.79 Å². The van der Waals surface area contributed by atoms with Gasteiger partial charge in [-0.25, -0.2) is 4.79 Å². The van der Waals surface area contributed by atoms with E-state index in [2.05, 4.69) is 29.6 Å². The molecule has 1 atom stereocenters. The molecule has 0 aromatic heterocycles. The van der Waals surface area contributed by atoms with Crippen LogP contribution in [0.2, 0.25) is 0 Å². The number of nitrogens with one attached hydrogen (secondary N) is 1. The molecule has 0 bridgehead atoms. The fourth-order valence-electron chi connectivity index (χ4n) is 5.14. The quantitative estimate of drug-likeness (QED) is 0.503. The number of likely N-dealkylation sites (tertiary alicyclic amines) is 1. The van der Waals surface area contributed by atoms with Gasteiger partial charge in [0.2, 0.25) is 5.91 Å². The number of carbonyl (C=O) groups is 3. The Balaban J connectivity index is 1.14. The van der Waals surface area contributed by atoms with Crippen LogP contribution in [0.25, 0.3) is 11.1 Å². The molecular formula is C27H32N2O5. The first kappa shape index (κ1) is 23.8. The molecule has 2 N–H and O–H groups in total. The van der Waals surface area contributed by atoms with Gasteiger partial charge in [0.15, 0.2) is 0 Å². The van der Waals surface area contributed by atoms with E-state index < -0.39 is 12.1 Å². The number of amides is 2. The van der Waals surface area contributed by atoms with Crippen LogP contribution >= 0.6 is 0 Å². The van der Waals surface area contributed by atoms with Gasteiger partial charge in [0.05, 0.1) is 6.42 Å². The van der Waals surface area contributed by atoms with Gasteiger partial charge in [-0.05, 0) is 47.9 Å². The number of benzene rings is 2. The predicted molar refractivity (Wildman–Crippen MR) is 129 cm³/mol. The van der Waals surface area contributed by atoms with Crippen LogP contribution in [0.1, 0.15) is 62.0 Å². The fourth-order valence-corrected chi connectivity index (χ4v) is 5.14. The van der Waals surface area contributed by atoms with E-state index in [-0.39, 0.29) is 24.3 Å². The molecule has 1 unspecified atom stereocenters. The monoisotopic (exact) mass is 464 g/mol. The van der Waals surface area contributed by atoms with Crippen molar-refractivity contribution >= 4 is 18.0 Å². The Morgan fingerprint density at radius 2 is 1.65 bits per heavy atom. The SMILES string of the molecule is O=C(O)CC1CCCN1C(=O)CCCCCNC(=O)OCC1c2ccccc2-c2ccccc21. The Morgan fingerprint density at radius 1 is 0.971 bits per heavy atom. The summed E-state index contributed by atoms with van der Waals surface area (Å²) < 4.78 is 5.54. The zero-order valence-corrected chi connectivity index (χ0v) is 19.4. The smallest absolute Gasteiger partial charge is 0.407 e. The standard InChI is InChI=1S/C27H32N2O5/c30-25(29-16-8-9-19(29)17-26(31)32)14-2-1-7-15-28-27(33)34-18-24-22-12-5-3-10-20(22)21-11-4-6-13-23(21)24/h3-6,10-13,19,24H,1-2,7-9,14-18H2,(H,28,33)(H,31,32). The molecule has 1 saturated heterocycles. The highest BCUT2D eigenvalue weighted by Crippen LogP contribution is 2.44. The van der Waals surface area contributed by atoms with Gasteiger partial charge in [-0.2, -0.15) is 0 Å². The van der Waals surface area contributed by atoms with Gasteiger partial charge < -0.3 is 20.1 Å². The second kappa shape index (κ2) is 11.2. The van der Waals surface area contributed by atoms with Crippen LogP contribution in [0.3, 0.4) is 0 Å². The number of nitrogens with zero attached hydrogens (tertiary/aromatic N) is 1. The van der Waals surface area contributed by atoms with E-state index in [4.69, 9.17) is 9.84 Å². The summed E-state index contributed by atoms with van der Waals surface area (Å²) in [5, 5.41) is 11.8. The first-order chi connectivity index (χ1) is 16.5. The number of hydrogen-bond acceptors (Lipinski definition) is 4. The van der Waals surface area contributed by atoms with Gasteiger partial charge >= 0.3 is 12.1 Å². The van der Waals surface area contributed by atoms with Gasteiger partial charge in [-0.15, -0.1) is 0 Å². The topological polar surface area (TPSA) is 95.9 Å². The number of unbranched alkanes of at least 4 members (excludes halogenated alkanes) is 2. The summed E-state index contributed by atoms with van der Waals surface area (Å²) in [5.74, 6) is -0.781. The molecule has 1 heterocycles. The molecule has 1 aliphatic heterocycles. The first-order valence-corrected chi connectivity index (χ1v) is 12.1. The summed E-state index contributed by atoms with van der Waals surface area (Å²) in [6.07, 6.45) is 3.95. The van der Waals surface area contributed by atoms with Gasteiger partial charge in [-0.3, -0.25) is 9.59 Å². The van der Waals surface area contributed by atoms with Crippen LogP contribution < -0.4 is 5.32 Å². The van der Waals surface area contributed by atoms with E-state index in [1.54, 1.807) is 4.90 Å². The zero-order valence-electron chi connectivity index (χ0n) is 19.4. The second-order valence-corrected chi connectivity index (χ2v) is 9.04. The van der Waals surface area contributed by atoms with Crippen molar-refractivity contribution in [3.63, 3.8) is 0 Å². The average Bonchev–Trinajstić information content (AvgIpc) is 3.42. The van der Waals surface area contributed by atoms with Crippen LogP contribution in [0.15, 0.2) is 48.5 Å². The lowest BCUT2D eigenvalue weighted by atomic mass is 9.98. The van der Waals surface area contributed by atoms with Crippen LogP contribution in [-0.4, -0.2) is 53.7 Å². The number of carboxylic acids is 1. The van der Waals surface area contributed by atoms with Crippen molar-refractivity contribution in [1.82, 2.24) is 10.2 Å². The van der Waals surface area contributed by atoms with E-state index in [1.165, 1.54) is 22.3 Å². The van der Waals surface area contributed by atoms with Crippen molar-refractivity contribution in [3.05, 3.63) is 59.7 Å². The molecular weight excluding hydrogens is 432 g/mol. The molecule has 2 amide bonds. The lowest BCUT2D eigenvalue weighted by Crippen LogP contribution is -2.36. The molecule has 34 heavy (non-hydrogen) atoms. The zero-order chi connectivity index (χ0) is 23.9. The highest BCUT2D eigenvalue weighted by atomic mass is 16.5. The summed E-state index contributed by atoms with van der Waals surface area (Å²) in [7, 11) is 0. The first-order valence-electron chi connectivity index (χ1n) is 12.1. The molecule has 1 aliphatic carbocycles. The lowest BCUT2D eigenvalue weighted by molar-refractivity contribution is -0.139. The van der Waals surface area contributed by atoms with Crippen molar-refractivity contribution in [1.29, 1.82) is 0 Å². The maximum atomic E-state index is 12.4. The predicted octanol–water partition coefficient (Wildman–Crippen LogP) is 4.55. The molecule has 0 spiro atoms. The number of carbonyl (C=O) groups excluding carboxylic acids is 2. The highest BCUT2D eigenvalue weighted by Gasteiger charge is 2.30. The van der Waals surface area contributed by atoms with Crippen molar-refractivity contribution in [2.45, 2.75) is 56.9 Å². The van der Waals surface area contributed by atoms with Gasteiger partial charge in [0.1, 0.15) is 6.61 Å². The average molecular weight is 465 g/mol. The summed E-state index contributed by atoms with van der Waals surface area (Å²) in [5.41, 5.74) is 4.77. The minimum Gasteiger partial charge on any atom is -0.481 e. The number of hydrogen-bond donors (Lipinski definition) is 2. The van der Waals surface area contributed by atoms with Crippen LogP contribution in [0, 0.1) is 0 Å². The molecule has 2 aromatic rings. The number of ether oxygens (including phenoxy) is 1. The summed E-state index contributed by atoms with van der Waals surface area (Å²) in [4.78, 5) is 37.3. The summed E-state index contributed by atoms with van der Waals surface area (Å²) in [6.45, 7) is 1.44. The number of alkyl carbamates (subject to hydrolysis) is 1. The molecule has 7 nitrogen and oxygen atoms in total. The van der Waals surface area contributed by atoms with Crippen molar-refractivity contribution in [2.75, 3.05) is 19.7 Å². The molecule has 2 aliphatic rings. The van der Waals surface area contributed by atoms with Crippen LogP contribution in [0.5, 0.6) is 0 Å². The minimum absolute atomic E-state index is 0.0236.